The molecule has 0 fully saturated rings. The van der Waals surface area contributed by atoms with Gasteiger partial charge in [-0.25, -0.2) is 0 Å². The largest absolute Gasteiger partial charge is 0.157 e. The van der Waals surface area contributed by atoms with Crippen LogP contribution in [0.4, 0.5) is 0 Å². The molecule has 0 aliphatic carbocycles. The normalized spacial score (nSPS) is 11.1. The molecule has 1 heteroatoms. The van der Waals surface area contributed by atoms with Crippen LogP contribution in [0.15, 0.2) is 0 Å². The van der Waals surface area contributed by atoms with Gasteiger partial charge >= 0.3 is 0 Å². The highest BCUT2D eigenvalue weighted by Gasteiger charge is 1.94. The Balaban J connectivity index is 2.89. The quantitative estimate of drug-likeness (QED) is 0.247. The Morgan fingerprint density at radius 1 is 0.550 bits per heavy atom. The van der Waals surface area contributed by atoms with Crippen molar-refractivity contribution in [3.05, 3.63) is 5.75 Å². The smallest absolute Gasteiger partial charge is 0.0166 e. The highest BCUT2D eigenvalue weighted by Crippen LogP contribution is 2.17. The fraction of sp³-hybridized carbons (Fsp3) is 0.947. The van der Waals surface area contributed by atoms with Gasteiger partial charge in [0.15, 0.2) is 0 Å². The van der Waals surface area contributed by atoms with Crippen LogP contribution in [0, 0.1) is 5.75 Å². The first-order valence-corrected chi connectivity index (χ1v) is 10.4. The van der Waals surface area contributed by atoms with Crippen molar-refractivity contribution in [3.8, 4) is 0 Å². The Labute approximate surface area is 133 Å². The zero-order valence-electron chi connectivity index (χ0n) is 14.3. The summed E-state index contributed by atoms with van der Waals surface area (Å²) >= 11 is 2.07. The van der Waals surface area contributed by atoms with Crippen LogP contribution in [0.25, 0.3) is 0 Å². The van der Waals surface area contributed by atoms with Gasteiger partial charge in [0.05, 0.1) is 0 Å². The molecule has 121 valence electrons. The number of unbranched alkanes of at least 4 members (excludes halogenated alkanes) is 13. The van der Waals surface area contributed by atoms with Crippen molar-refractivity contribution in [2.45, 2.75) is 110 Å². The van der Waals surface area contributed by atoms with E-state index in [4.69, 9.17) is 0 Å². The molecule has 0 atom stereocenters. The number of hydrogen-bond donors (Lipinski definition) is 0. The average molecular weight is 300 g/mol. The van der Waals surface area contributed by atoms with Crippen LogP contribution < -0.4 is 0 Å². The van der Waals surface area contributed by atoms with Gasteiger partial charge in [0.2, 0.25) is 0 Å². The molecule has 0 saturated heterocycles. The molecule has 0 bridgehead atoms. The Hall–Kier alpha value is 0.350. The van der Waals surface area contributed by atoms with E-state index in [1.165, 1.54) is 102 Å². The van der Waals surface area contributed by atoms with Gasteiger partial charge in [0.25, 0.3) is 0 Å². The molecule has 0 N–H and O–H groups in total. The maximum Gasteiger partial charge on any atom is 0.0166 e. The standard InChI is InChI=1S/C19H39S/c1-3-5-7-9-11-12-13-15-17-19-20-18-16-14-10-8-6-4-2/h19H,3-18H2,1-2H3. The van der Waals surface area contributed by atoms with Gasteiger partial charge < -0.3 is 0 Å². The molecule has 0 rings (SSSR count). The summed E-state index contributed by atoms with van der Waals surface area (Å²) in [6.45, 7) is 4.58. The van der Waals surface area contributed by atoms with E-state index in [0.717, 1.165) is 0 Å². The van der Waals surface area contributed by atoms with Crippen LogP contribution in [0.2, 0.25) is 0 Å². The molecule has 0 aromatic heterocycles. The molecule has 0 nitrogen and oxygen atoms in total. The van der Waals surface area contributed by atoms with Crippen LogP contribution in [-0.2, 0) is 0 Å². The van der Waals surface area contributed by atoms with Gasteiger partial charge in [-0.1, -0.05) is 97.3 Å². The van der Waals surface area contributed by atoms with E-state index in [2.05, 4.69) is 31.4 Å². The zero-order chi connectivity index (χ0) is 14.7. The van der Waals surface area contributed by atoms with E-state index in [1.807, 2.05) is 0 Å². The third-order valence-corrected chi connectivity index (χ3v) is 4.90. The molecule has 0 spiro atoms. The second kappa shape index (κ2) is 19.4. The summed E-state index contributed by atoms with van der Waals surface area (Å²) in [6.07, 6.45) is 21.4. The van der Waals surface area contributed by atoms with E-state index in [1.54, 1.807) is 0 Å². The van der Waals surface area contributed by atoms with Gasteiger partial charge in [-0.05, 0) is 18.6 Å². The number of hydrogen-bond acceptors (Lipinski definition) is 1. The Kier molecular flexibility index (Phi) is 19.7. The molecule has 0 unspecified atom stereocenters. The predicted molar refractivity (Wildman–Crippen MR) is 97.4 cm³/mol. The van der Waals surface area contributed by atoms with Crippen molar-refractivity contribution in [3.63, 3.8) is 0 Å². The first-order chi connectivity index (χ1) is 9.91. The third-order valence-electron chi connectivity index (χ3n) is 3.91. The summed E-state index contributed by atoms with van der Waals surface area (Å²) in [4.78, 5) is 0. The zero-order valence-corrected chi connectivity index (χ0v) is 15.1. The summed E-state index contributed by atoms with van der Waals surface area (Å²) < 4.78 is 0. The maximum absolute atomic E-state index is 2.46. The molecule has 1 radical (unpaired) electrons. The second-order valence-corrected chi connectivity index (χ2v) is 7.14. The SMILES string of the molecule is CCCCCCCCCC[CH]SCCCCCCCC. The molecule has 0 aliphatic rings. The van der Waals surface area contributed by atoms with E-state index >= 15 is 0 Å². The van der Waals surface area contributed by atoms with Gasteiger partial charge in [0.1, 0.15) is 0 Å². The van der Waals surface area contributed by atoms with Crippen molar-refractivity contribution in [2.24, 2.45) is 0 Å². The van der Waals surface area contributed by atoms with E-state index in [-0.39, 0.29) is 0 Å². The lowest BCUT2D eigenvalue weighted by atomic mass is 10.1. The first kappa shape index (κ1) is 20.3. The van der Waals surface area contributed by atoms with Gasteiger partial charge in [-0.15, -0.1) is 0 Å². The van der Waals surface area contributed by atoms with Crippen molar-refractivity contribution >= 4 is 11.8 Å². The number of thioether (sulfide) groups is 1. The molecule has 0 amide bonds. The maximum atomic E-state index is 2.46. The minimum atomic E-state index is 1.33. The lowest BCUT2D eigenvalue weighted by Gasteiger charge is -2.03. The van der Waals surface area contributed by atoms with E-state index in [9.17, 15) is 0 Å². The first-order valence-electron chi connectivity index (χ1n) is 9.35. The van der Waals surface area contributed by atoms with Crippen molar-refractivity contribution in [1.82, 2.24) is 0 Å². The van der Waals surface area contributed by atoms with Gasteiger partial charge in [-0.3, -0.25) is 0 Å². The fourth-order valence-electron chi connectivity index (χ4n) is 2.49. The fourth-order valence-corrected chi connectivity index (χ4v) is 3.36. The monoisotopic (exact) mass is 299 g/mol. The lowest BCUT2D eigenvalue weighted by Crippen LogP contribution is -1.84. The molecule has 0 aromatic rings. The Bertz CT molecular complexity index is 138. The number of rotatable bonds is 17. The Morgan fingerprint density at radius 3 is 1.55 bits per heavy atom. The minimum absolute atomic E-state index is 1.33. The summed E-state index contributed by atoms with van der Waals surface area (Å²) in [5, 5.41) is 0. The van der Waals surface area contributed by atoms with Crippen LogP contribution >= 0.6 is 11.8 Å². The summed E-state index contributed by atoms with van der Waals surface area (Å²) in [7, 11) is 0. The molecule has 20 heavy (non-hydrogen) atoms. The molecule has 0 aromatic carbocycles. The molecule has 0 saturated carbocycles. The Morgan fingerprint density at radius 2 is 1.00 bits per heavy atom. The minimum Gasteiger partial charge on any atom is -0.157 e. The van der Waals surface area contributed by atoms with Crippen LogP contribution in [-0.4, -0.2) is 5.75 Å². The molecular formula is C19H39S. The molecular weight excluding hydrogens is 260 g/mol. The average Bonchev–Trinajstić information content (AvgIpc) is 2.47. The van der Waals surface area contributed by atoms with Crippen molar-refractivity contribution in [2.75, 3.05) is 5.75 Å². The van der Waals surface area contributed by atoms with Crippen molar-refractivity contribution in [1.29, 1.82) is 0 Å². The summed E-state index contributed by atoms with van der Waals surface area (Å²) in [6, 6.07) is 0. The van der Waals surface area contributed by atoms with Gasteiger partial charge in [0, 0.05) is 5.75 Å². The highest BCUT2D eigenvalue weighted by atomic mass is 32.2. The summed E-state index contributed by atoms with van der Waals surface area (Å²) in [5.41, 5.74) is 0. The van der Waals surface area contributed by atoms with Crippen LogP contribution in [0.3, 0.4) is 0 Å². The van der Waals surface area contributed by atoms with Crippen LogP contribution in [0.1, 0.15) is 110 Å². The van der Waals surface area contributed by atoms with Crippen LogP contribution in [0.5, 0.6) is 0 Å². The van der Waals surface area contributed by atoms with Gasteiger partial charge in [-0.2, -0.15) is 11.8 Å². The molecule has 0 aliphatic heterocycles. The van der Waals surface area contributed by atoms with E-state index < -0.39 is 0 Å². The predicted octanol–water partition coefficient (Wildman–Crippen LogP) is 7.77. The topological polar surface area (TPSA) is 0 Å². The summed E-state index contributed by atoms with van der Waals surface area (Å²) in [5.74, 6) is 3.81. The second-order valence-electron chi connectivity index (χ2n) is 6.07. The third kappa shape index (κ3) is 18.4. The highest BCUT2D eigenvalue weighted by molar-refractivity contribution is 8.01. The lowest BCUT2D eigenvalue weighted by molar-refractivity contribution is 0.576. The van der Waals surface area contributed by atoms with E-state index in [0.29, 0.717) is 0 Å². The van der Waals surface area contributed by atoms with Crippen molar-refractivity contribution < 1.29 is 0 Å². The molecule has 0 heterocycles.